The lowest BCUT2D eigenvalue weighted by molar-refractivity contribution is 0.701. The second-order valence-corrected chi connectivity index (χ2v) is 3.27. The molecule has 3 heteroatoms. The van der Waals surface area contributed by atoms with Crippen molar-refractivity contribution >= 4 is 15.9 Å². The van der Waals surface area contributed by atoms with Crippen LogP contribution in [0.15, 0.2) is 17.0 Å². The number of rotatable bonds is 2. The third-order valence-electron chi connectivity index (χ3n) is 1.76. The van der Waals surface area contributed by atoms with E-state index in [4.69, 9.17) is 0 Å². The largest absolute Gasteiger partial charge is 0.231 e. The van der Waals surface area contributed by atoms with Crippen LogP contribution in [-0.2, 0) is 0 Å². The molecular formula is C8H11BrN2. The summed E-state index contributed by atoms with van der Waals surface area (Å²) in [5.41, 5.74) is 1.11. The van der Waals surface area contributed by atoms with Crippen LogP contribution >= 0.6 is 15.9 Å². The van der Waals surface area contributed by atoms with Gasteiger partial charge in [-0.15, -0.1) is 0 Å². The minimum Gasteiger partial charge on any atom is -0.231 e. The monoisotopic (exact) mass is 214 g/mol. The Balaban J connectivity index is 2.86. The van der Waals surface area contributed by atoms with E-state index in [2.05, 4.69) is 39.7 Å². The molecule has 0 N–H and O–H groups in total. The summed E-state index contributed by atoms with van der Waals surface area (Å²) >= 11 is 3.24. The molecule has 0 amide bonds. The van der Waals surface area contributed by atoms with Crippen LogP contribution in [0.1, 0.15) is 31.9 Å². The molecule has 1 rings (SSSR count). The zero-order chi connectivity index (χ0) is 8.27. The predicted octanol–water partition coefficient (Wildman–Crippen LogP) is 2.75. The molecule has 1 heterocycles. The van der Waals surface area contributed by atoms with E-state index in [0.717, 1.165) is 12.1 Å². The highest BCUT2D eigenvalue weighted by Gasteiger charge is 2.03. The Morgan fingerprint density at radius 1 is 1.64 bits per heavy atom. The van der Waals surface area contributed by atoms with E-state index in [-0.39, 0.29) is 0 Å². The normalized spacial score (nSPS) is 13.0. The number of aromatic nitrogens is 2. The van der Waals surface area contributed by atoms with E-state index in [1.165, 1.54) is 0 Å². The van der Waals surface area contributed by atoms with Crippen LogP contribution in [0.4, 0.5) is 0 Å². The molecule has 60 valence electrons. The van der Waals surface area contributed by atoms with Crippen molar-refractivity contribution in [3.05, 3.63) is 22.7 Å². The fraction of sp³-hybridized carbons (Fsp3) is 0.500. The van der Waals surface area contributed by atoms with E-state index in [9.17, 15) is 0 Å². The van der Waals surface area contributed by atoms with Gasteiger partial charge in [-0.25, -0.2) is 9.97 Å². The van der Waals surface area contributed by atoms with Gasteiger partial charge >= 0.3 is 0 Å². The van der Waals surface area contributed by atoms with Gasteiger partial charge in [0.1, 0.15) is 0 Å². The lowest BCUT2D eigenvalue weighted by Gasteiger charge is -2.06. The molecule has 1 aromatic heterocycles. The molecule has 0 saturated heterocycles. The van der Waals surface area contributed by atoms with Crippen molar-refractivity contribution in [2.45, 2.75) is 26.2 Å². The second kappa shape index (κ2) is 3.81. The highest BCUT2D eigenvalue weighted by Crippen LogP contribution is 2.16. The van der Waals surface area contributed by atoms with Crippen LogP contribution in [0, 0.1) is 0 Å². The van der Waals surface area contributed by atoms with Crippen molar-refractivity contribution in [2.75, 3.05) is 0 Å². The molecule has 0 fully saturated rings. The molecule has 0 aromatic carbocycles. The van der Waals surface area contributed by atoms with Crippen LogP contribution < -0.4 is 0 Å². The highest BCUT2D eigenvalue weighted by atomic mass is 79.9. The van der Waals surface area contributed by atoms with Crippen molar-refractivity contribution in [3.63, 3.8) is 0 Å². The van der Waals surface area contributed by atoms with Gasteiger partial charge in [0.15, 0.2) is 4.73 Å². The predicted molar refractivity (Wildman–Crippen MR) is 48.4 cm³/mol. The lowest BCUT2D eigenvalue weighted by Crippen LogP contribution is -1.96. The summed E-state index contributed by atoms with van der Waals surface area (Å²) in [7, 11) is 0. The van der Waals surface area contributed by atoms with Crippen LogP contribution in [0.5, 0.6) is 0 Å². The molecule has 1 aromatic rings. The third kappa shape index (κ3) is 2.26. The highest BCUT2D eigenvalue weighted by molar-refractivity contribution is 9.10. The number of hydrogen-bond acceptors (Lipinski definition) is 2. The molecule has 0 aliphatic rings. The SMILES string of the molecule is CCC(C)c1ccnc(Br)n1. The molecular weight excluding hydrogens is 204 g/mol. The fourth-order valence-electron chi connectivity index (χ4n) is 0.831. The zero-order valence-corrected chi connectivity index (χ0v) is 8.30. The van der Waals surface area contributed by atoms with Crippen LogP contribution in [0.3, 0.4) is 0 Å². The van der Waals surface area contributed by atoms with E-state index in [0.29, 0.717) is 10.7 Å². The lowest BCUT2D eigenvalue weighted by atomic mass is 10.1. The van der Waals surface area contributed by atoms with Gasteiger partial charge in [0.2, 0.25) is 0 Å². The first-order valence-electron chi connectivity index (χ1n) is 3.72. The molecule has 0 radical (unpaired) electrons. The smallest absolute Gasteiger partial charge is 0.196 e. The van der Waals surface area contributed by atoms with Crippen molar-refractivity contribution in [1.29, 1.82) is 0 Å². The van der Waals surface area contributed by atoms with E-state index < -0.39 is 0 Å². The molecule has 2 nitrogen and oxygen atoms in total. The zero-order valence-electron chi connectivity index (χ0n) is 6.71. The number of nitrogens with zero attached hydrogens (tertiary/aromatic N) is 2. The summed E-state index contributed by atoms with van der Waals surface area (Å²) in [4.78, 5) is 8.21. The summed E-state index contributed by atoms with van der Waals surface area (Å²) in [5.74, 6) is 0.522. The van der Waals surface area contributed by atoms with Crippen molar-refractivity contribution in [1.82, 2.24) is 9.97 Å². The fourth-order valence-corrected chi connectivity index (χ4v) is 1.15. The Morgan fingerprint density at radius 3 is 2.91 bits per heavy atom. The number of halogens is 1. The Bertz CT molecular complexity index is 237. The number of hydrogen-bond donors (Lipinski definition) is 0. The van der Waals surface area contributed by atoms with Crippen molar-refractivity contribution in [2.24, 2.45) is 0 Å². The molecule has 0 aliphatic heterocycles. The van der Waals surface area contributed by atoms with Gasteiger partial charge < -0.3 is 0 Å². The first kappa shape index (κ1) is 8.65. The van der Waals surface area contributed by atoms with E-state index in [1.54, 1.807) is 6.20 Å². The Labute approximate surface area is 75.2 Å². The summed E-state index contributed by atoms with van der Waals surface area (Å²) in [6.07, 6.45) is 2.89. The van der Waals surface area contributed by atoms with E-state index >= 15 is 0 Å². The van der Waals surface area contributed by atoms with Gasteiger partial charge in [0.05, 0.1) is 0 Å². The van der Waals surface area contributed by atoms with E-state index in [1.807, 2.05) is 6.07 Å². The Kier molecular flexibility index (Phi) is 3.00. The quantitative estimate of drug-likeness (QED) is 0.709. The van der Waals surface area contributed by atoms with Gasteiger partial charge in [0.25, 0.3) is 0 Å². The summed E-state index contributed by atoms with van der Waals surface area (Å²) < 4.78 is 0.676. The topological polar surface area (TPSA) is 25.8 Å². The molecule has 1 unspecified atom stereocenters. The van der Waals surface area contributed by atoms with Gasteiger partial charge in [-0.1, -0.05) is 13.8 Å². The first-order valence-corrected chi connectivity index (χ1v) is 4.51. The molecule has 0 bridgehead atoms. The molecule has 0 aliphatic carbocycles. The van der Waals surface area contributed by atoms with Gasteiger partial charge in [-0.2, -0.15) is 0 Å². The van der Waals surface area contributed by atoms with Crippen molar-refractivity contribution < 1.29 is 0 Å². The average Bonchev–Trinajstić information content (AvgIpc) is 2.03. The van der Waals surface area contributed by atoms with Crippen LogP contribution in [-0.4, -0.2) is 9.97 Å². The van der Waals surface area contributed by atoms with Gasteiger partial charge in [-0.05, 0) is 34.3 Å². The maximum atomic E-state index is 4.25. The molecule has 0 spiro atoms. The average molecular weight is 215 g/mol. The van der Waals surface area contributed by atoms with Crippen LogP contribution in [0.2, 0.25) is 0 Å². The standard InChI is InChI=1S/C8H11BrN2/c1-3-6(2)7-4-5-10-8(9)11-7/h4-6H,3H2,1-2H3. The van der Waals surface area contributed by atoms with Crippen LogP contribution in [0.25, 0.3) is 0 Å². The van der Waals surface area contributed by atoms with Gasteiger partial charge in [-0.3, -0.25) is 0 Å². The Hall–Kier alpha value is -0.440. The molecule has 0 saturated carbocycles. The van der Waals surface area contributed by atoms with Gasteiger partial charge in [0, 0.05) is 11.9 Å². The summed E-state index contributed by atoms with van der Waals surface area (Å²) in [6.45, 7) is 4.31. The summed E-state index contributed by atoms with van der Waals surface area (Å²) in [6, 6.07) is 1.96. The second-order valence-electron chi connectivity index (χ2n) is 2.56. The third-order valence-corrected chi connectivity index (χ3v) is 2.15. The first-order chi connectivity index (χ1) is 5.24. The maximum Gasteiger partial charge on any atom is 0.196 e. The molecule has 1 atom stereocenters. The van der Waals surface area contributed by atoms with Crippen molar-refractivity contribution in [3.8, 4) is 0 Å². The Morgan fingerprint density at radius 2 is 2.36 bits per heavy atom. The molecule has 11 heavy (non-hydrogen) atoms. The minimum atomic E-state index is 0.522. The minimum absolute atomic E-state index is 0.522. The maximum absolute atomic E-state index is 4.25. The summed E-state index contributed by atoms with van der Waals surface area (Å²) in [5, 5.41) is 0.